The van der Waals surface area contributed by atoms with E-state index in [2.05, 4.69) is 42.2 Å². The quantitative estimate of drug-likeness (QED) is 0.628. The van der Waals surface area contributed by atoms with Crippen LogP contribution in [0.2, 0.25) is 0 Å². The number of nitrogens with one attached hydrogen (secondary N) is 1. The highest BCUT2D eigenvalue weighted by atomic mass is 16.6. The summed E-state index contributed by atoms with van der Waals surface area (Å²) in [5, 5.41) is 14.0. The Bertz CT molecular complexity index is 588. The molecule has 0 aliphatic heterocycles. The molecule has 1 N–H and O–H groups in total. The Morgan fingerprint density at radius 1 is 1.19 bits per heavy atom. The molecule has 5 heteroatoms. The highest BCUT2D eigenvalue weighted by Gasteiger charge is 2.04. The van der Waals surface area contributed by atoms with Crippen LogP contribution in [0.4, 0.5) is 5.69 Å². The van der Waals surface area contributed by atoms with Crippen molar-refractivity contribution in [2.75, 3.05) is 0 Å². The lowest BCUT2D eigenvalue weighted by molar-refractivity contribution is -0.384. The Morgan fingerprint density at radius 3 is 2.52 bits per heavy atom. The van der Waals surface area contributed by atoms with E-state index in [4.69, 9.17) is 0 Å². The first-order chi connectivity index (χ1) is 10.0. The number of aromatic nitrogens is 1. The highest BCUT2D eigenvalue weighted by molar-refractivity contribution is 5.32. The molecule has 2 rings (SSSR count). The summed E-state index contributed by atoms with van der Waals surface area (Å²) in [6.07, 6.45) is 5.08. The monoisotopic (exact) mass is 287 g/mol. The fourth-order valence-electron chi connectivity index (χ4n) is 2.10. The number of nitrogens with zero attached hydrogens (tertiary/aromatic N) is 2. The molecule has 0 fully saturated rings. The molecule has 0 atom stereocenters. The second-order valence-electron chi connectivity index (χ2n) is 5.47. The van der Waals surface area contributed by atoms with Crippen molar-refractivity contribution in [3.63, 3.8) is 0 Å². The molecule has 0 unspecified atom stereocenters. The van der Waals surface area contributed by atoms with Crippen LogP contribution in [0.15, 0.2) is 42.7 Å². The SMILES string of the molecule is CC(C)NCc1ccn(CCc2ccc([N+](=O)[O-])cc2)c1. The Kier molecular flexibility index (Phi) is 5.11. The van der Waals surface area contributed by atoms with Gasteiger partial charge in [-0.1, -0.05) is 26.0 Å². The predicted molar refractivity (Wildman–Crippen MR) is 83.2 cm³/mol. The maximum absolute atomic E-state index is 10.6. The predicted octanol–water partition coefficient (Wildman–Crippen LogP) is 3.14. The van der Waals surface area contributed by atoms with Crippen LogP contribution in [0.25, 0.3) is 0 Å². The van der Waals surface area contributed by atoms with E-state index in [1.807, 2.05) is 12.1 Å². The van der Waals surface area contributed by atoms with Gasteiger partial charge in [-0.15, -0.1) is 0 Å². The lowest BCUT2D eigenvalue weighted by Crippen LogP contribution is -2.21. The third kappa shape index (κ3) is 4.72. The molecule has 0 saturated carbocycles. The number of aryl methyl sites for hydroxylation is 2. The van der Waals surface area contributed by atoms with Crippen LogP contribution in [0.5, 0.6) is 0 Å². The molecule has 0 spiro atoms. The van der Waals surface area contributed by atoms with Crippen LogP contribution in [0, 0.1) is 10.1 Å². The van der Waals surface area contributed by atoms with E-state index < -0.39 is 0 Å². The first kappa shape index (κ1) is 15.3. The topological polar surface area (TPSA) is 60.1 Å². The van der Waals surface area contributed by atoms with E-state index in [9.17, 15) is 10.1 Å². The Labute approximate surface area is 124 Å². The molecule has 1 aromatic carbocycles. The van der Waals surface area contributed by atoms with Gasteiger partial charge >= 0.3 is 0 Å². The zero-order valence-electron chi connectivity index (χ0n) is 12.5. The van der Waals surface area contributed by atoms with Gasteiger partial charge in [-0.05, 0) is 23.6 Å². The molecule has 112 valence electrons. The van der Waals surface area contributed by atoms with Gasteiger partial charge in [0, 0.05) is 43.7 Å². The minimum Gasteiger partial charge on any atom is -0.354 e. The summed E-state index contributed by atoms with van der Waals surface area (Å²) in [6, 6.07) is 9.36. The normalized spacial score (nSPS) is 11.0. The van der Waals surface area contributed by atoms with Crippen LogP contribution < -0.4 is 5.32 Å². The highest BCUT2D eigenvalue weighted by Crippen LogP contribution is 2.13. The van der Waals surface area contributed by atoms with Crippen molar-refractivity contribution in [2.24, 2.45) is 0 Å². The van der Waals surface area contributed by atoms with Crippen molar-refractivity contribution in [1.29, 1.82) is 0 Å². The number of rotatable bonds is 7. The lowest BCUT2D eigenvalue weighted by atomic mass is 10.1. The summed E-state index contributed by atoms with van der Waals surface area (Å²) in [5.74, 6) is 0. The number of nitro benzene ring substituents is 1. The van der Waals surface area contributed by atoms with Crippen molar-refractivity contribution in [2.45, 2.75) is 39.4 Å². The zero-order valence-corrected chi connectivity index (χ0v) is 12.5. The number of hydrogen-bond acceptors (Lipinski definition) is 3. The van der Waals surface area contributed by atoms with E-state index >= 15 is 0 Å². The van der Waals surface area contributed by atoms with Gasteiger partial charge in [0.25, 0.3) is 5.69 Å². The largest absolute Gasteiger partial charge is 0.354 e. The minimum absolute atomic E-state index is 0.141. The Morgan fingerprint density at radius 2 is 1.90 bits per heavy atom. The van der Waals surface area contributed by atoms with Crippen molar-refractivity contribution in [3.05, 3.63) is 64.0 Å². The summed E-state index contributed by atoms with van der Waals surface area (Å²) >= 11 is 0. The Balaban J connectivity index is 1.86. The summed E-state index contributed by atoms with van der Waals surface area (Å²) in [5.41, 5.74) is 2.52. The van der Waals surface area contributed by atoms with E-state index in [-0.39, 0.29) is 10.6 Å². The molecule has 21 heavy (non-hydrogen) atoms. The second-order valence-corrected chi connectivity index (χ2v) is 5.47. The minimum atomic E-state index is -0.371. The van der Waals surface area contributed by atoms with Gasteiger partial charge in [-0.3, -0.25) is 10.1 Å². The van der Waals surface area contributed by atoms with Gasteiger partial charge in [0.1, 0.15) is 0 Å². The zero-order chi connectivity index (χ0) is 15.2. The average molecular weight is 287 g/mol. The summed E-state index contributed by atoms with van der Waals surface area (Å²) in [4.78, 5) is 10.2. The first-order valence-corrected chi connectivity index (χ1v) is 7.16. The van der Waals surface area contributed by atoms with E-state index in [0.717, 1.165) is 25.1 Å². The van der Waals surface area contributed by atoms with Gasteiger partial charge in [0.05, 0.1) is 4.92 Å². The maximum Gasteiger partial charge on any atom is 0.269 e. The fourth-order valence-corrected chi connectivity index (χ4v) is 2.10. The third-order valence-electron chi connectivity index (χ3n) is 3.33. The van der Waals surface area contributed by atoms with Crippen molar-refractivity contribution in [3.8, 4) is 0 Å². The third-order valence-corrected chi connectivity index (χ3v) is 3.33. The second kappa shape index (κ2) is 7.04. The van der Waals surface area contributed by atoms with Gasteiger partial charge in [0.15, 0.2) is 0 Å². The van der Waals surface area contributed by atoms with Gasteiger partial charge < -0.3 is 9.88 Å². The van der Waals surface area contributed by atoms with Gasteiger partial charge in [-0.2, -0.15) is 0 Å². The molecule has 1 aromatic heterocycles. The van der Waals surface area contributed by atoms with E-state index in [1.165, 1.54) is 5.56 Å². The van der Waals surface area contributed by atoms with Gasteiger partial charge in [-0.25, -0.2) is 0 Å². The van der Waals surface area contributed by atoms with Crippen LogP contribution in [0.1, 0.15) is 25.0 Å². The molecule has 2 aromatic rings. The number of nitro groups is 1. The van der Waals surface area contributed by atoms with Crippen LogP contribution in [0.3, 0.4) is 0 Å². The molecule has 0 saturated heterocycles. The fraction of sp³-hybridized carbons (Fsp3) is 0.375. The molecule has 0 aliphatic rings. The van der Waals surface area contributed by atoms with Crippen LogP contribution in [-0.4, -0.2) is 15.5 Å². The number of hydrogen-bond donors (Lipinski definition) is 1. The number of benzene rings is 1. The molecular weight excluding hydrogens is 266 g/mol. The average Bonchev–Trinajstić information content (AvgIpc) is 2.91. The van der Waals surface area contributed by atoms with Crippen molar-refractivity contribution in [1.82, 2.24) is 9.88 Å². The standard InChI is InChI=1S/C16H21N3O2/c1-13(2)17-11-15-8-10-18(12-15)9-7-14-3-5-16(6-4-14)19(20)21/h3-6,8,10,12-13,17H,7,9,11H2,1-2H3. The van der Waals surface area contributed by atoms with E-state index in [0.29, 0.717) is 6.04 Å². The van der Waals surface area contributed by atoms with Crippen LogP contribution >= 0.6 is 0 Å². The molecular formula is C16H21N3O2. The first-order valence-electron chi connectivity index (χ1n) is 7.16. The summed E-state index contributed by atoms with van der Waals surface area (Å²) in [7, 11) is 0. The summed E-state index contributed by atoms with van der Waals surface area (Å²) in [6.45, 7) is 6.01. The summed E-state index contributed by atoms with van der Waals surface area (Å²) < 4.78 is 2.15. The molecule has 1 heterocycles. The molecule has 0 bridgehead atoms. The van der Waals surface area contributed by atoms with Gasteiger partial charge in [0.2, 0.25) is 0 Å². The molecule has 0 amide bonds. The number of non-ortho nitro benzene ring substituents is 1. The maximum atomic E-state index is 10.6. The van der Waals surface area contributed by atoms with Crippen molar-refractivity contribution < 1.29 is 4.92 Å². The lowest BCUT2D eigenvalue weighted by Gasteiger charge is -2.06. The Hall–Kier alpha value is -2.14. The van der Waals surface area contributed by atoms with Crippen molar-refractivity contribution >= 4 is 5.69 Å². The van der Waals surface area contributed by atoms with Crippen LogP contribution in [-0.2, 0) is 19.5 Å². The smallest absolute Gasteiger partial charge is 0.269 e. The molecule has 0 radical (unpaired) electrons. The molecule has 5 nitrogen and oxygen atoms in total. The van der Waals surface area contributed by atoms with E-state index in [1.54, 1.807) is 12.1 Å². The molecule has 0 aliphatic carbocycles.